The smallest absolute Gasteiger partial charge is 0.237 e. The van der Waals surface area contributed by atoms with E-state index in [1.54, 1.807) is 6.07 Å². The summed E-state index contributed by atoms with van der Waals surface area (Å²) in [5.74, 6) is 0.711. The lowest BCUT2D eigenvalue weighted by Gasteiger charge is -2.27. The highest BCUT2D eigenvalue weighted by Gasteiger charge is 2.38. The number of benzene rings is 1. The van der Waals surface area contributed by atoms with Gasteiger partial charge in [0.2, 0.25) is 11.9 Å². The molecule has 3 rings (SSSR count). The Hall–Kier alpha value is -2.11. The maximum Gasteiger partial charge on any atom is 0.237 e. The highest BCUT2D eigenvalue weighted by atomic mass is 16.6. The fraction of sp³-hybridized carbons (Fsp3) is 0.462. The van der Waals surface area contributed by atoms with E-state index < -0.39 is 12.1 Å². The van der Waals surface area contributed by atoms with Gasteiger partial charge < -0.3 is 10.1 Å². The van der Waals surface area contributed by atoms with Crippen LogP contribution in [0.15, 0.2) is 18.2 Å². The number of hydrogen-bond acceptors (Lipinski definition) is 4. The van der Waals surface area contributed by atoms with Gasteiger partial charge in [-0.05, 0) is 23.3 Å². The number of carbonyl (C=O) groups excluding carboxylic acids is 1. The van der Waals surface area contributed by atoms with Gasteiger partial charge >= 0.3 is 0 Å². The van der Waals surface area contributed by atoms with Crippen LogP contribution in [0.3, 0.4) is 0 Å². The van der Waals surface area contributed by atoms with Gasteiger partial charge in [0.05, 0.1) is 6.61 Å². The zero-order valence-electron chi connectivity index (χ0n) is 10.3. The van der Waals surface area contributed by atoms with Gasteiger partial charge in [0.1, 0.15) is 11.8 Å². The molecule has 1 aromatic rings. The van der Waals surface area contributed by atoms with Crippen LogP contribution in [0.2, 0.25) is 0 Å². The summed E-state index contributed by atoms with van der Waals surface area (Å²) in [7, 11) is 0. The van der Waals surface area contributed by atoms with Gasteiger partial charge in [0.15, 0.2) is 0 Å². The quantitative estimate of drug-likeness (QED) is 0.641. The Kier molecular flexibility index (Phi) is 2.85. The first kappa shape index (κ1) is 12.0. The molecule has 0 saturated carbocycles. The fourth-order valence-electron chi connectivity index (χ4n) is 2.72. The maximum atomic E-state index is 11.5. The Morgan fingerprint density at radius 2 is 2.21 bits per heavy atom. The van der Waals surface area contributed by atoms with E-state index in [2.05, 4.69) is 5.32 Å². The van der Waals surface area contributed by atoms with Crippen LogP contribution in [-0.2, 0) is 11.2 Å². The van der Waals surface area contributed by atoms with E-state index in [1.807, 2.05) is 12.1 Å². The van der Waals surface area contributed by atoms with Crippen LogP contribution in [0.4, 0.5) is 0 Å². The summed E-state index contributed by atoms with van der Waals surface area (Å²) >= 11 is 0. The first-order valence-electron chi connectivity index (χ1n) is 6.33. The van der Waals surface area contributed by atoms with Crippen molar-refractivity contribution in [1.29, 1.82) is 0 Å². The molecule has 2 heterocycles. The van der Waals surface area contributed by atoms with Crippen molar-refractivity contribution in [3.8, 4) is 5.75 Å². The standard InChI is InChI=1S/C13H14N2O4/c16-12-4-2-10(15(17)18)13(14-12)9-1-3-11-8(7-9)5-6-19-11/h1,3,7,10,13H,2,4-6H2,(H,14,16)/t10-,13+/m0/s1. The van der Waals surface area contributed by atoms with Crippen molar-refractivity contribution in [2.24, 2.45) is 0 Å². The molecule has 1 aromatic carbocycles. The van der Waals surface area contributed by atoms with Gasteiger partial charge in [-0.3, -0.25) is 14.9 Å². The molecule has 100 valence electrons. The van der Waals surface area contributed by atoms with E-state index in [0.717, 1.165) is 23.3 Å². The van der Waals surface area contributed by atoms with Crippen LogP contribution >= 0.6 is 0 Å². The lowest BCUT2D eigenvalue weighted by molar-refractivity contribution is -0.529. The number of amides is 1. The number of rotatable bonds is 2. The van der Waals surface area contributed by atoms with E-state index in [-0.39, 0.29) is 23.7 Å². The molecule has 2 atom stereocenters. The van der Waals surface area contributed by atoms with Gasteiger partial charge in [-0.1, -0.05) is 6.07 Å². The van der Waals surface area contributed by atoms with E-state index in [1.165, 1.54) is 0 Å². The average molecular weight is 262 g/mol. The zero-order valence-corrected chi connectivity index (χ0v) is 10.3. The maximum absolute atomic E-state index is 11.5. The molecule has 1 saturated heterocycles. The molecule has 1 fully saturated rings. The summed E-state index contributed by atoms with van der Waals surface area (Å²) in [6.07, 6.45) is 1.32. The number of nitrogens with zero attached hydrogens (tertiary/aromatic N) is 1. The molecule has 1 N–H and O–H groups in total. The number of hydrogen-bond donors (Lipinski definition) is 1. The second kappa shape index (κ2) is 4.53. The molecule has 0 aliphatic carbocycles. The SMILES string of the molecule is O=C1CC[C@H]([N+](=O)[O-])[C@@H](c2ccc3c(c2)CCO3)N1. The molecule has 0 spiro atoms. The van der Waals surface area contributed by atoms with Gasteiger partial charge in [0, 0.05) is 24.2 Å². The minimum Gasteiger partial charge on any atom is -0.493 e. The predicted octanol–water partition coefficient (Wildman–Crippen LogP) is 1.22. The molecule has 19 heavy (non-hydrogen) atoms. The van der Waals surface area contributed by atoms with Crippen LogP contribution in [0, 0.1) is 10.1 Å². The molecular weight excluding hydrogens is 248 g/mol. The predicted molar refractivity (Wildman–Crippen MR) is 66.5 cm³/mol. The summed E-state index contributed by atoms with van der Waals surface area (Å²) in [5, 5.41) is 13.8. The number of piperidine rings is 1. The second-order valence-electron chi connectivity index (χ2n) is 4.90. The lowest BCUT2D eigenvalue weighted by Crippen LogP contribution is -2.45. The summed E-state index contributed by atoms with van der Waals surface area (Å²) in [6, 6.07) is 4.25. The normalized spacial score (nSPS) is 25.4. The Balaban J connectivity index is 1.93. The monoisotopic (exact) mass is 262 g/mol. The van der Waals surface area contributed by atoms with Gasteiger partial charge in [0.25, 0.3) is 0 Å². The molecule has 0 radical (unpaired) electrons. The summed E-state index contributed by atoms with van der Waals surface area (Å²) in [4.78, 5) is 22.3. The summed E-state index contributed by atoms with van der Waals surface area (Å²) < 4.78 is 5.41. The number of ether oxygens (including phenoxy) is 1. The minimum atomic E-state index is -0.752. The van der Waals surface area contributed by atoms with E-state index in [0.29, 0.717) is 6.61 Å². The van der Waals surface area contributed by atoms with Gasteiger partial charge in [-0.25, -0.2) is 0 Å². The van der Waals surface area contributed by atoms with Crippen molar-refractivity contribution >= 4 is 5.91 Å². The third-order valence-electron chi connectivity index (χ3n) is 3.71. The molecule has 6 nitrogen and oxygen atoms in total. The molecule has 1 amide bonds. The second-order valence-corrected chi connectivity index (χ2v) is 4.90. The van der Waals surface area contributed by atoms with Crippen molar-refractivity contribution in [2.75, 3.05) is 6.61 Å². The van der Waals surface area contributed by atoms with Crippen LogP contribution in [0.5, 0.6) is 5.75 Å². The lowest BCUT2D eigenvalue weighted by atomic mass is 9.91. The van der Waals surface area contributed by atoms with Crippen LogP contribution < -0.4 is 10.1 Å². The Labute approximate surface area is 109 Å². The molecule has 2 aliphatic rings. The number of nitrogens with one attached hydrogen (secondary N) is 1. The van der Waals surface area contributed by atoms with E-state index in [9.17, 15) is 14.9 Å². The first-order valence-corrected chi connectivity index (χ1v) is 6.33. The van der Waals surface area contributed by atoms with Gasteiger partial charge in [-0.2, -0.15) is 0 Å². The van der Waals surface area contributed by atoms with E-state index in [4.69, 9.17) is 4.74 Å². The molecule has 0 bridgehead atoms. The zero-order chi connectivity index (χ0) is 13.4. The van der Waals surface area contributed by atoms with Crippen molar-refractivity contribution in [3.63, 3.8) is 0 Å². The first-order chi connectivity index (χ1) is 9.15. The fourth-order valence-corrected chi connectivity index (χ4v) is 2.72. The van der Waals surface area contributed by atoms with E-state index >= 15 is 0 Å². The Morgan fingerprint density at radius 1 is 1.37 bits per heavy atom. The number of carbonyl (C=O) groups is 1. The number of fused-ring (bicyclic) bond motifs is 1. The summed E-state index contributed by atoms with van der Waals surface area (Å²) in [5.41, 5.74) is 1.85. The van der Waals surface area contributed by atoms with Gasteiger partial charge in [-0.15, -0.1) is 0 Å². The number of nitro groups is 1. The minimum absolute atomic E-state index is 0.125. The average Bonchev–Trinajstić information content (AvgIpc) is 2.85. The highest BCUT2D eigenvalue weighted by molar-refractivity contribution is 5.77. The largest absolute Gasteiger partial charge is 0.493 e. The van der Waals surface area contributed by atoms with Crippen molar-refractivity contribution in [3.05, 3.63) is 39.4 Å². The van der Waals surface area contributed by atoms with Crippen LogP contribution in [0.25, 0.3) is 0 Å². The summed E-state index contributed by atoms with van der Waals surface area (Å²) in [6.45, 7) is 0.647. The van der Waals surface area contributed by atoms with Crippen LogP contribution in [-0.4, -0.2) is 23.5 Å². The third kappa shape index (κ3) is 2.14. The Bertz CT molecular complexity index is 543. The van der Waals surface area contributed by atoms with Crippen LogP contribution in [0.1, 0.15) is 30.0 Å². The Morgan fingerprint density at radius 3 is 3.00 bits per heavy atom. The molecular formula is C13H14N2O4. The van der Waals surface area contributed by atoms with Crippen molar-refractivity contribution in [1.82, 2.24) is 5.32 Å². The highest BCUT2D eigenvalue weighted by Crippen LogP contribution is 2.32. The van der Waals surface area contributed by atoms with Crippen molar-refractivity contribution < 1.29 is 14.5 Å². The molecule has 6 heteroatoms. The topological polar surface area (TPSA) is 81.5 Å². The molecule has 2 aliphatic heterocycles. The van der Waals surface area contributed by atoms with Crippen molar-refractivity contribution in [2.45, 2.75) is 31.3 Å². The third-order valence-corrected chi connectivity index (χ3v) is 3.71. The molecule has 0 aromatic heterocycles. The molecule has 0 unspecified atom stereocenters.